The van der Waals surface area contributed by atoms with E-state index in [1.807, 2.05) is 67.6 Å². The van der Waals surface area contributed by atoms with Gasteiger partial charge in [-0.15, -0.1) is 6.42 Å². The second-order valence-electron chi connectivity index (χ2n) is 15.6. The molecule has 1 atom stereocenters. The number of benzene rings is 8. The lowest BCUT2D eigenvalue weighted by Gasteiger charge is -2.13. The van der Waals surface area contributed by atoms with E-state index >= 15 is 0 Å². The van der Waals surface area contributed by atoms with E-state index in [9.17, 15) is 0 Å². The molecule has 5 nitrogen and oxygen atoms in total. The van der Waals surface area contributed by atoms with Crippen LogP contribution >= 0.6 is 0 Å². The monoisotopic (exact) mass is 784 g/mol. The molecule has 5 heteroatoms. The maximum atomic E-state index is 6.60. The molecule has 0 amide bonds. The molecule has 3 heterocycles. The van der Waals surface area contributed by atoms with Crippen molar-refractivity contribution in [1.82, 2.24) is 9.13 Å². The van der Waals surface area contributed by atoms with Crippen molar-refractivity contribution in [3.63, 3.8) is 0 Å². The number of aromatic nitrogens is 2. The maximum Gasteiger partial charge on any atom is 0.156 e. The summed E-state index contributed by atoms with van der Waals surface area (Å²) in [4.78, 5) is 10.3. The summed E-state index contributed by atoms with van der Waals surface area (Å²) in [5.41, 5.74) is 13.3. The quantitative estimate of drug-likeness (QED) is 0.0902. The number of rotatable bonds is 7. The Morgan fingerprint density at radius 3 is 2.03 bits per heavy atom. The molecule has 0 saturated carbocycles. The number of fused-ring (bicyclic) bond motifs is 10. The van der Waals surface area contributed by atoms with Gasteiger partial charge in [-0.2, -0.15) is 0 Å². The average Bonchev–Trinajstić information content (AvgIpc) is 3.97. The van der Waals surface area contributed by atoms with Gasteiger partial charge >= 0.3 is 0 Å². The van der Waals surface area contributed by atoms with Gasteiger partial charge in [-0.05, 0) is 96.8 Å². The van der Waals surface area contributed by atoms with Gasteiger partial charge in [0, 0.05) is 49.6 Å². The average molecular weight is 785 g/mol. The summed E-state index contributed by atoms with van der Waals surface area (Å²) in [7, 11) is 0. The zero-order valence-corrected chi connectivity index (χ0v) is 33.9. The lowest BCUT2D eigenvalue weighted by molar-refractivity contribution is 0.669. The van der Waals surface area contributed by atoms with Crippen LogP contribution in [0, 0.1) is 12.3 Å². The molecule has 0 aliphatic heterocycles. The molecule has 290 valence electrons. The summed E-state index contributed by atoms with van der Waals surface area (Å²) in [5.74, 6) is 3.48. The van der Waals surface area contributed by atoms with E-state index in [0.29, 0.717) is 5.84 Å². The van der Waals surface area contributed by atoms with Crippen LogP contribution in [-0.2, 0) is 6.42 Å². The van der Waals surface area contributed by atoms with Crippen LogP contribution in [0.5, 0.6) is 0 Å². The molecule has 8 aromatic carbocycles. The third-order valence-corrected chi connectivity index (χ3v) is 12.0. The van der Waals surface area contributed by atoms with Gasteiger partial charge in [0.05, 0.1) is 27.5 Å². The van der Waals surface area contributed by atoms with Crippen LogP contribution in [0.4, 0.5) is 0 Å². The van der Waals surface area contributed by atoms with E-state index in [1.54, 1.807) is 0 Å². The Kier molecular flexibility index (Phi) is 8.72. The van der Waals surface area contributed by atoms with E-state index in [4.69, 9.17) is 20.8 Å². The first-order valence-corrected chi connectivity index (χ1v) is 20.8. The summed E-state index contributed by atoms with van der Waals surface area (Å²) < 4.78 is 11.4. The minimum absolute atomic E-state index is 0.486. The van der Waals surface area contributed by atoms with Crippen molar-refractivity contribution >= 4 is 77.1 Å². The Balaban J connectivity index is 1.19. The number of hydrogen-bond acceptors (Lipinski definition) is 2. The number of terminal acetylenes is 1. The predicted molar refractivity (Wildman–Crippen MR) is 255 cm³/mol. The summed E-state index contributed by atoms with van der Waals surface area (Å²) in [5, 5.41) is 7.00. The fraction of sp³-hybridized carbons (Fsp3) is 0.0714. The predicted octanol–water partition coefficient (Wildman–Crippen LogP) is 14.0. The van der Waals surface area contributed by atoms with Gasteiger partial charge < -0.3 is 13.6 Å². The Bertz CT molecular complexity index is 3580. The molecule has 0 aliphatic carbocycles. The highest BCUT2D eigenvalue weighted by Gasteiger charge is 2.23. The molecule has 0 spiro atoms. The van der Waals surface area contributed by atoms with Crippen molar-refractivity contribution in [1.29, 1.82) is 0 Å². The minimum Gasteiger partial charge on any atom is -0.456 e. The molecule has 0 aliphatic rings. The zero-order chi connectivity index (χ0) is 41.0. The number of nitrogens with zero attached hydrogens (tertiary/aromatic N) is 4. The Morgan fingerprint density at radius 1 is 0.574 bits per heavy atom. The maximum absolute atomic E-state index is 6.60. The summed E-state index contributed by atoms with van der Waals surface area (Å²) in [6, 6.07) is 63.3. The van der Waals surface area contributed by atoms with Crippen molar-refractivity contribution in [2.24, 2.45) is 9.98 Å². The van der Waals surface area contributed by atoms with E-state index in [-0.39, 0.29) is 0 Å². The molecular formula is C56H40N4O. The summed E-state index contributed by atoms with van der Waals surface area (Å²) in [6.45, 7) is 4.25. The molecule has 11 aromatic rings. The molecule has 0 saturated heterocycles. The molecule has 11 rings (SSSR count). The van der Waals surface area contributed by atoms with Gasteiger partial charge in [0.25, 0.3) is 0 Å². The number of hydrogen-bond donors (Lipinski definition) is 0. The van der Waals surface area contributed by atoms with Gasteiger partial charge in [0.15, 0.2) is 5.84 Å². The molecule has 0 bridgehead atoms. The number of furan rings is 1. The van der Waals surface area contributed by atoms with Crippen LogP contribution in [0.25, 0.3) is 76.9 Å². The van der Waals surface area contributed by atoms with Crippen molar-refractivity contribution in [3.05, 3.63) is 204 Å². The van der Waals surface area contributed by atoms with Crippen LogP contribution in [0.3, 0.4) is 0 Å². The van der Waals surface area contributed by atoms with E-state index in [0.717, 1.165) is 78.7 Å². The molecular weight excluding hydrogens is 745 g/mol. The highest BCUT2D eigenvalue weighted by Crippen LogP contribution is 2.44. The van der Waals surface area contributed by atoms with Crippen LogP contribution in [-0.4, -0.2) is 20.7 Å². The second kappa shape index (κ2) is 14.7. The molecule has 0 N–H and O–H groups in total. The topological polar surface area (TPSA) is 47.7 Å². The van der Waals surface area contributed by atoms with Gasteiger partial charge in [0.1, 0.15) is 17.2 Å². The number of para-hydroxylation sites is 2. The van der Waals surface area contributed by atoms with Crippen LogP contribution in [0.2, 0.25) is 0 Å². The number of aryl methyl sites for hydroxylation is 1. The van der Waals surface area contributed by atoms with Crippen LogP contribution < -0.4 is 0 Å². The largest absolute Gasteiger partial charge is 0.456 e. The highest BCUT2D eigenvalue weighted by molar-refractivity contribution is 6.27. The van der Waals surface area contributed by atoms with Crippen molar-refractivity contribution in [2.75, 3.05) is 0 Å². The van der Waals surface area contributed by atoms with Gasteiger partial charge in [-0.1, -0.05) is 128 Å². The third kappa shape index (κ3) is 6.03. The Hall–Kier alpha value is -7.94. The van der Waals surface area contributed by atoms with Crippen molar-refractivity contribution in [3.8, 4) is 23.7 Å². The van der Waals surface area contributed by atoms with Gasteiger partial charge in [-0.25, -0.2) is 9.98 Å². The Morgan fingerprint density at radius 2 is 1.25 bits per heavy atom. The first kappa shape index (κ1) is 36.2. The smallest absolute Gasteiger partial charge is 0.156 e. The van der Waals surface area contributed by atoms with Gasteiger partial charge in [0.2, 0.25) is 0 Å². The lowest BCUT2D eigenvalue weighted by Crippen LogP contribution is -2.07. The van der Waals surface area contributed by atoms with E-state index < -0.39 is 6.04 Å². The fourth-order valence-corrected chi connectivity index (χ4v) is 9.03. The molecule has 61 heavy (non-hydrogen) atoms. The van der Waals surface area contributed by atoms with E-state index in [1.165, 1.54) is 32.6 Å². The zero-order valence-electron chi connectivity index (χ0n) is 33.9. The van der Waals surface area contributed by atoms with Crippen LogP contribution in [0.1, 0.15) is 42.1 Å². The molecule has 3 aromatic heterocycles. The minimum atomic E-state index is -0.486. The fourth-order valence-electron chi connectivity index (χ4n) is 9.03. The Labute approximate surface area is 353 Å². The first-order chi connectivity index (χ1) is 30.1. The van der Waals surface area contributed by atoms with Crippen molar-refractivity contribution < 1.29 is 4.42 Å². The second-order valence-corrected chi connectivity index (χ2v) is 15.6. The standard InChI is InChI=1S/C56H40N4O/c1-4-37-28-30-52-47(32-37)54-53(61-52)31-29-44-46-34-45-43-26-15-16-27-49(43)59(41-23-13-8-14-24-41)50(45)35-51(46)60(55(44)54)42-25-17-22-40(33-42)36(3)57-56(39-20-11-7-12-21-39)58-48(5-2)38-18-9-6-10-19-38/h2,6-35,48H,4H2,1,3H3. The summed E-state index contributed by atoms with van der Waals surface area (Å²) >= 11 is 0. The molecule has 1 unspecified atom stereocenters. The van der Waals surface area contributed by atoms with E-state index in [2.05, 4.69) is 143 Å². The molecule has 0 radical (unpaired) electrons. The lowest BCUT2D eigenvalue weighted by atomic mass is 10.0. The SMILES string of the molecule is C#CC(N=C(N=C(C)c1cccc(-n2c3cc4c(cc3c3ccc5oc6ccc(CC)cc6c5c32)c2ccccc2n4-c2ccccc2)c1)c1ccccc1)c1ccccc1. The highest BCUT2D eigenvalue weighted by atomic mass is 16.3. The number of amidine groups is 1. The third-order valence-electron chi connectivity index (χ3n) is 12.0. The molecule has 0 fully saturated rings. The normalized spacial score (nSPS) is 12.9. The first-order valence-electron chi connectivity index (χ1n) is 20.8. The number of aliphatic imine (C=N–C) groups is 2. The van der Waals surface area contributed by atoms with Crippen molar-refractivity contribution in [2.45, 2.75) is 26.3 Å². The summed E-state index contributed by atoms with van der Waals surface area (Å²) in [6.07, 6.45) is 7.04. The van der Waals surface area contributed by atoms with Gasteiger partial charge in [-0.3, -0.25) is 0 Å². The van der Waals surface area contributed by atoms with Crippen LogP contribution in [0.15, 0.2) is 196 Å².